The molecular weight excluding hydrogens is 254 g/mol. The normalized spacial score (nSPS) is 12.1. The van der Waals surface area contributed by atoms with E-state index in [1.54, 1.807) is 23.3 Å². The first kappa shape index (κ1) is 14.2. The lowest BCUT2D eigenvalue weighted by Crippen LogP contribution is -2.20. The van der Waals surface area contributed by atoms with Crippen molar-refractivity contribution in [3.05, 3.63) is 31.0 Å². The van der Waals surface area contributed by atoms with Crippen LogP contribution in [-0.2, 0) is 4.79 Å². The standard InChI is InChI=1S/C14H19N5O/c1-3-4-5-11(2)14(20)18-13-7-6-12(8-16-13)19-10-15-9-17-19/h6-11H,3-5H2,1-2H3,(H,16,18,20). The van der Waals surface area contributed by atoms with E-state index in [9.17, 15) is 4.79 Å². The maximum atomic E-state index is 12.0. The number of aromatic nitrogens is 4. The van der Waals surface area contributed by atoms with Gasteiger partial charge in [0.25, 0.3) is 0 Å². The summed E-state index contributed by atoms with van der Waals surface area (Å²) >= 11 is 0. The van der Waals surface area contributed by atoms with E-state index >= 15 is 0 Å². The van der Waals surface area contributed by atoms with Crippen LogP contribution in [0.25, 0.3) is 5.69 Å². The number of carbonyl (C=O) groups is 1. The van der Waals surface area contributed by atoms with Crippen LogP contribution in [0.2, 0.25) is 0 Å². The van der Waals surface area contributed by atoms with Crippen molar-refractivity contribution in [1.29, 1.82) is 0 Å². The fourth-order valence-electron chi connectivity index (χ4n) is 1.83. The second-order valence-electron chi connectivity index (χ2n) is 4.77. The molecule has 0 saturated carbocycles. The molecule has 20 heavy (non-hydrogen) atoms. The predicted octanol–water partition coefficient (Wildman–Crippen LogP) is 2.43. The van der Waals surface area contributed by atoms with Crippen molar-refractivity contribution in [2.45, 2.75) is 33.1 Å². The minimum Gasteiger partial charge on any atom is -0.310 e. The summed E-state index contributed by atoms with van der Waals surface area (Å²) < 4.78 is 1.61. The molecule has 6 heteroatoms. The molecule has 0 aromatic carbocycles. The minimum atomic E-state index is 0.00624. The van der Waals surface area contributed by atoms with E-state index in [2.05, 4.69) is 27.3 Å². The molecule has 2 heterocycles. The second-order valence-corrected chi connectivity index (χ2v) is 4.77. The van der Waals surface area contributed by atoms with Crippen molar-refractivity contribution in [2.24, 2.45) is 5.92 Å². The van der Waals surface area contributed by atoms with Crippen molar-refractivity contribution in [1.82, 2.24) is 19.7 Å². The van der Waals surface area contributed by atoms with Gasteiger partial charge in [-0.25, -0.2) is 14.6 Å². The molecule has 2 aromatic heterocycles. The molecule has 0 spiro atoms. The molecule has 2 aromatic rings. The summed E-state index contributed by atoms with van der Waals surface area (Å²) in [6.07, 6.45) is 7.78. The Morgan fingerprint density at radius 3 is 2.90 bits per heavy atom. The van der Waals surface area contributed by atoms with Crippen LogP contribution in [0.1, 0.15) is 33.1 Å². The maximum Gasteiger partial charge on any atom is 0.228 e. The fraction of sp³-hybridized carbons (Fsp3) is 0.429. The number of nitrogens with one attached hydrogen (secondary N) is 1. The van der Waals surface area contributed by atoms with E-state index in [1.165, 1.54) is 6.33 Å². The molecule has 0 radical (unpaired) electrons. The van der Waals surface area contributed by atoms with E-state index in [0.29, 0.717) is 5.82 Å². The summed E-state index contributed by atoms with van der Waals surface area (Å²) in [5.74, 6) is 0.577. The molecule has 6 nitrogen and oxygen atoms in total. The average Bonchev–Trinajstić information content (AvgIpc) is 2.99. The van der Waals surface area contributed by atoms with Gasteiger partial charge in [0.05, 0.1) is 11.9 Å². The van der Waals surface area contributed by atoms with Crippen molar-refractivity contribution in [3.63, 3.8) is 0 Å². The molecule has 0 bridgehead atoms. The van der Waals surface area contributed by atoms with Crippen molar-refractivity contribution in [3.8, 4) is 5.69 Å². The van der Waals surface area contributed by atoms with Gasteiger partial charge in [-0.1, -0.05) is 26.7 Å². The van der Waals surface area contributed by atoms with Crippen LogP contribution in [0.5, 0.6) is 0 Å². The van der Waals surface area contributed by atoms with E-state index in [0.717, 1.165) is 24.9 Å². The van der Waals surface area contributed by atoms with Crippen molar-refractivity contribution >= 4 is 11.7 Å². The zero-order chi connectivity index (χ0) is 14.4. The molecule has 0 saturated heterocycles. The Balaban J connectivity index is 1.95. The van der Waals surface area contributed by atoms with Gasteiger partial charge in [-0.3, -0.25) is 4.79 Å². The summed E-state index contributed by atoms with van der Waals surface area (Å²) in [6.45, 7) is 4.06. The predicted molar refractivity (Wildman–Crippen MR) is 76.5 cm³/mol. The fourth-order valence-corrected chi connectivity index (χ4v) is 1.83. The second kappa shape index (κ2) is 6.79. The first-order chi connectivity index (χ1) is 9.70. The summed E-state index contributed by atoms with van der Waals surface area (Å²) in [4.78, 5) is 20.0. The molecule has 1 unspecified atom stereocenters. The van der Waals surface area contributed by atoms with Gasteiger partial charge in [0, 0.05) is 5.92 Å². The number of amides is 1. The number of rotatable bonds is 6. The van der Waals surface area contributed by atoms with Crippen LogP contribution >= 0.6 is 0 Å². The Labute approximate surface area is 118 Å². The third-order valence-corrected chi connectivity index (χ3v) is 3.12. The number of unbranched alkanes of at least 4 members (excludes halogenated alkanes) is 1. The Bertz CT molecular complexity index is 535. The molecular formula is C14H19N5O. The number of hydrogen-bond acceptors (Lipinski definition) is 4. The van der Waals surface area contributed by atoms with Gasteiger partial charge in [-0.05, 0) is 18.6 Å². The van der Waals surface area contributed by atoms with Crippen LogP contribution in [0.15, 0.2) is 31.0 Å². The van der Waals surface area contributed by atoms with Gasteiger partial charge in [-0.15, -0.1) is 0 Å². The Hall–Kier alpha value is -2.24. The molecule has 0 fully saturated rings. The van der Waals surface area contributed by atoms with Gasteiger partial charge in [0.2, 0.25) is 5.91 Å². The first-order valence-corrected chi connectivity index (χ1v) is 6.82. The molecule has 1 amide bonds. The first-order valence-electron chi connectivity index (χ1n) is 6.82. The zero-order valence-corrected chi connectivity index (χ0v) is 11.8. The lowest BCUT2D eigenvalue weighted by molar-refractivity contribution is -0.119. The molecule has 1 N–H and O–H groups in total. The number of pyridine rings is 1. The van der Waals surface area contributed by atoms with Gasteiger partial charge >= 0.3 is 0 Å². The highest BCUT2D eigenvalue weighted by molar-refractivity contribution is 5.91. The van der Waals surface area contributed by atoms with Gasteiger partial charge < -0.3 is 5.32 Å². The molecule has 0 aliphatic carbocycles. The topological polar surface area (TPSA) is 72.7 Å². The monoisotopic (exact) mass is 273 g/mol. The summed E-state index contributed by atoms with van der Waals surface area (Å²) in [6, 6.07) is 3.61. The van der Waals surface area contributed by atoms with E-state index in [4.69, 9.17) is 0 Å². The Morgan fingerprint density at radius 1 is 1.45 bits per heavy atom. The highest BCUT2D eigenvalue weighted by Crippen LogP contribution is 2.12. The van der Waals surface area contributed by atoms with E-state index in [-0.39, 0.29) is 11.8 Å². The van der Waals surface area contributed by atoms with Crippen LogP contribution in [0, 0.1) is 5.92 Å². The molecule has 1 atom stereocenters. The van der Waals surface area contributed by atoms with E-state index in [1.807, 2.05) is 13.0 Å². The van der Waals surface area contributed by atoms with Crippen LogP contribution in [0.4, 0.5) is 5.82 Å². The number of hydrogen-bond donors (Lipinski definition) is 1. The largest absolute Gasteiger partial charge is 0.310 e. The Kier molecular flexibility index (Phi) is 4.81. The summed E-state index contributed by atoms with van der Waals surface area (Å²) in [5.41, 5.74) is 0.805. The quantitative estimate of drug-likeness (QED) is 0.877. The third-order valence-electron chi connectivity index (χ3n) is 3.12. The summed E-state index contributed by atoms with van der Waals surface area (Å²) in [5, 5.41) is 6.85. The SMILES string of the molecule is CCCCC(C)C(=O)Nc1ccc(-n2cncn2)cn1. The average molecular weight is 273 g/mol. The Morgan fingerprint density at radius 2 is 2.30 bits per heavy atom. The third kappa shape index (κ3) is 3.63. The number of carbonyl (C=O) groups excluding carboxylic acids is 1. The lowest BCUT2D eigenvalue weighted by Gasteiger charge is -2.11. The zero-order valence-electron chi connectivity index (χ0n) is 11.8. The van der Waals surface area contributed by atoms with Crippen LogP contribution in [-0.4, -0.2) is 25.7 Å². The van der Waals surface area contributed by atoms with Crippen LogP contribution < -0.4 is 5.32 Å². The van der Waals surface area contributed by atoms with Crippen LogP contribution in [0.3, 0.4) is 0 Å². The highest BCUT2D eigenvalue weighted by atomic mass is 16.1. The highest BCUT2D eigenvalue weighted by Gasteiger charge is 2.12. The van der Waals surface area contributed by atoms with Gasteiger partial charge in [0.15, 0.2) is 0 Å². The van der Waals surface area contributed by atoms with Crippen molar-refractivity contribution < 1.29 is 4.79 Å². The van der Waals surface area contributed by atoms with E-state index < -0.39 is 0 Å². The number of nitrogens with zero attached hydrogens (tertiary/aromatic N) is 4. The maximum absolute atomic E-state index is 12.0. The summed E-state index contributed by atoms with van der Waals surface area (Å²) in [7, 11) is 0. The van der Waals surface area contributed by atoms with Crippen molar-refractivity contribution in [2.75, 3.05) is 5.32 Å². The molecule has 0 aliphatic heterocycles. The minimum absolute atomic E-state index is 0.00624. The number of anilines is 1. The molecule has 106 valence electrons. The smallest absolute Gasteiger partial charge is 0.228 e. The van der Waals surface area contributed by atoms with Gasteiger partial charge in [-0.2, -0.15) is 5.10 Å². The molecule has 0 aliphatic rings. The van der Waals surface area contributed by atoms with Gasteiger partial charge in [0.1, 0.15) is 18.5 Å². The molecule has 2 rings (SSSR count). The lowest BCUT2D eigenvalue weighted by atomic mass is 10.0.